The minimum atomic E-state index is -3.90. The first kappa shape index (κ1) is 17.9. The number of nitrogen functional groups attached to an aromatic ring is 1. The molecule has 0 amide bonds. The fourth-order valence-electron chi connectivity index (χ4n) is 1.92. The van der Waals surface area contributed by atoms with E-state index in [2.05, 4.69) is 5.48 Å². The molecule has 0 aromatic heterocycles. The quantitative estimate of drug-likeness (QED) is 0.275. The zero-order valence-electron chi connectivity index (χ0n) is 13.0. The van der Waals surface area contributed by atoms with Gasteiger partial charge in [-0.1, -0.05) is 12.1 Å². The lowest BCUT2D eigenvalue weighted by Gasteiger charge is -2.11. The molecule has 0 unspecified atom stereocenters. The van der Waals surface area contributed by atoms with Gasteiger partial charge in [0.05, 0.1) is 18.0 Å². The molecule has 0 aliphatic carbocycles. The lowest BCUT2D eigenvalue weighted by molar-refractivity contribution is 0.309. The Labute approximate surface area is 141 Å². The van der Waals surface area contributed by atoms with E-state index < -0.39 is 10.1 Å². The van der Waals surface area contributed by atoms with Gasteiger partial charge in [-0.15, -0.1) is 0 Å². The minimum Gasteiger partial charge on any atom is -0.494 e. The third kappa shape index (κ3) is 6.76. The van der Waals surface area contributed by atoms with Gasteiger partial charge in [0.1, 0.15) is 5.75 Å². The van der Waals surface area contributed by atoms with E-state index in [4.69, 9.17) is 19.9 Å². The van der Waals surface area contributed by atoms with Gasteiger partial charge in [0, 0.05) is 17.8 Å². The Kier molecular flexibility index (Phi) is 6.28. The van der Waals surface area contributed by atoms with Crippen molar-refractivity contribution in [3.63, 3.8) is 0 Å². The summed E-state index contributed by atoms with van der Waals surface area (Å²) in [5.74, 6) is 0.959. The maximum atomic E-state index is 10.6. The lowest BCUT2D eigenvalue weighted by Crippen LogP contribution is -2.07. The third-order valence-electron chi connectivity index (χ3n) is 3.04. The Bertz CT molecular complexity index is 765. The molecule has 2 rings (SSSR count). The molecule has 0 saturated heterocycles. The Balaban J connectivity index is 1.78. The van der Waals surface area contributed by atoms with Crippen LogP contribution in [-0.2, 0) is 10.1 Å². The van der Waals surface area contributed by atoms with Gasteiger partial charge in [0.25, 0.3) is 10.1 Å². The zero-order valence-corrected chi connectivity index (χ0v) is 13.8. The first-order valence-corrected chi connectivity index (χ1v) is 9.00. The first-order valence-electron chi connectivity index (χ1n) is 7.39. The first-order chi connectivity index (χ1) is 11.4. The van der Waals surface area contributed by atoms with Gasteiger partial charge in [0.2, 0.25) is 0 Å². The van der Waals surface area contributed by atoms with Gasteiger partial charge < -0.3 is 15.3 Å². The predicted molar refractivity (Wildman–Crippen MR) is 92.7 cm³/mol. The fourth-order valence-corrected chi connectivity index (χ4v) is 2.49. The highest BCUT2D eigenvalue weighted by Gasteiger charge is 2.04. The Morgan fingerprint density at radius 2 is 1.79 bits per heavy atom. The van der Waals surface area contributed by atoms with Crippen LogP contribution in [0.5, 0.6) is 11.5 Å². The number of ether oxygens (including phenoxy) is 1. The van der Waals surface area contributed by atoms with Crippen LogP contribution in [0.3, 0.4) is 0 Å². The molecule has 8 heteroatoms. The predicted octanol–water partition coefficient (Wildman–Crippen LogP) is 2.72. The van der Waals surface area contributed by atoms with E-state index in [-0.39, 0.29) is 5.75 Å². The van der Waals surface area contributed by atoms with Gasteiger partial charge in [-0.3, -0.25) is 4.55 Å². The van der Waals surface area contributed by atoms with Crippen molar-refractivity contribution in [2.45, 2.75) is 12.8 Å². The second-order valence-electron chi connectivity index (χ2n) is 5.15. The maximum absolute atomic E-state index is 10.6. The van der Waals surface area contributed by atoms with E-state index in [1.54, 1.807) is 42.5 Å². The number of rotatable bonds is 9. The molecule has 0 radical (unpaired) electrons. The molecule has 0 aliphatic rings. The lowest BCUT2D eigenvalue weighted by atomic mass is 10.3. The topological polar surface area (TPSA) is 111 Å². The molecular weight excluding hydrogens is 332 g/mol. The molecular formula is C16H20N2O5S. The average molecular weight is 352 g/mol. The highest BCUT2D eigenvalue weighted by atomic mass is 32.2. The molecule has 2 aromatic carbocycles. The van der Waals surface area contributed by atoms with E-state index in [9.17, 15) is 8.42 Å². The van der Waals surface area contributed by atoms with Crippen molar-refractivity contribution in [3.05, 3.63) is 48.5 Å². The van der Waals surface area contributed by atoms with Gasteiger partial charge >= 0.3 is 0 Å². The largest absolute Gasteiger partial charge is 0.494 e. The number of nitrogens with two attached hydrogens (primary N) is 1. The fraction of sp³-hybridized carbons (Fsp3) is 0.250. The van der Waals surface area contributed by atoms with Crippen LogP contribution in [0.4, 0.5) is 11.4 Å². The molecule has 2 aromatic rings. The van der Waals surface area contributed by atoms with Gasteiger partial charge in [0.15, 0.2) is 5.75 Å². The van der Waals surface area contributed by atoms with Crippen molar-refractivity contribution in [2.24, 2.45) is 0 Å². The Morgan fingerprint density at radius 3 is 2.54 bits per heavy atom. The summed E-state index contributed by atoms with van der Waals surface area (Å²) in [5, 5.41) is 0. The summed E-state index contributed by atoms with van der Waals surface area (Å²) >= 11 is 0. The average Bonchev–Trinajstić information content (AvgIpc) is 2.52. The molecule has 0 bridgehead atoms. The van der Waals surface area contributed by atoms with Crippen molar-refractivity contribution < 1.29 is 22.5 Å². The van der Waals surface area contributed by atoms with Crippen LogP contribution < -0.4 is 20.8 Å². The molecule has 24 heavy (non-hydrogen) atoms. The smallest absolute Gasteiger partial charge is 0.264 e. The number of unbranched alkanes of at least 4 members (excludes halogenated alkanes) is 1. The summed E-state index contributed by atoms with van der Waals surface area (Å²) in [5.41, 5.74) is 9.79. The van der Waals surface area contributed by atoms with Crippen LogP contribution in [0.1, 0.15) is 12.8 Å². The van der Waals surface area contributed by atoms with Crippen molar-refractivity contribution in [2.75, 3.05) is 23.6 Å². The number of hydrogen-bond donors (Lipinski definition) is 3. The summed E-state index contributed by atoms with van der Waals surface area (Å²) in [7, 11) is -3.90. The molecule has 0 saturated carbocycles. The van der Waals surface area contributed by atoms with Crippen LogP contribution in [-0.4, -0.2) is 25.3 Å². The van der Waals surface area contributed by atoms with Crippen LogP contribution >= 0.6 is 0 Å². The van der Waals surface area contributed by atoms with Gasteiger partial charge in [-0.05, 0) is 37.1 Å². The standard InChI is InChI=1S/C16H20N2O5S/c17-13-5-3-8-16(11-13)23-18-14-6-4-7-15(12-14)22-9-1-2-10-24(19,20)21/h3-8,11-12,18H,1-2,9-10,17H2,(H,19,20,21). The molecule has 130 valence electrons. The summed E-state index contributed by atoms with van der Waals surface area (Å²) in [6.45, 7) is 0.356. The summed E-state index contributed by atoms with van der Waals surface area (Å²) < 4.78 is 35.4. The van der Waals surface area contributed by atoms with Gasteiger partial charge in [-0.25, -0.2) is 5.48 Å². The molecule has 0 heterocycles. The Hall–Kier alpha value is -2.45. The number of nitrogens with one attached hydrogen (secondary N) is 1. The molecule has 0 aliphatic heterocycles. The molecule has 4 N–H and O–H groups in total. The van der Waals surface area contributed by atoms with Crippen LogP contribution in [0.15, 0.2) is 48.5 Å². The highest BCUT2D eigenvalue weighted by molar-refractivity contribution is 7.85. The van der Waals surface area contributed by atoms with Crippen LogP contribution in [0.25, 0.3) is 0 Å². The van der Waals surface area contributed by atoms with Crippen LogP contribution in [0, 0.1) is 0 Å². The molecule has 0 spiro atoms. The van der Waals surface area contributed by atoms with E-state index >= 15 is 0 Å². The van der Waals surface area contributed by atoms with Crippen LogP contribution in [0.2, 0.25) is 0 Å². The SMILES string of the molecule is Nc1cccc(ONc2cccc(OCCCCS(=O)(=O)O)c2)c1. The van der Waals surface area contributed by atoms with E-state index in [0.29, 0.717) is 42.3 Å². The summed E-state index contributed by atoms with van der Waals surface area (Å²) in [4.78, 5) is 5.43. The third-order valence-corrected chi connectivity index (χ3v) is 3.85. The second kappa shape index (κ2) is 8.42. The van der Waals surface area contributed by atoms with Gasteiger partial charge in [-0.2, -0.15) is 8.42 Å². The molecule has 0 fully saturated rings. The number of anilines is 2. The normalized spacial score (nSPS) is 11.0. The van der Waals surface area contributed by atoms with Crippen molar-refractivity contribution in [1.82, 2.24) is 0 Å². The minimum absolute atomic E-state index is 0.258. The number of benzene rings is 2. The summed E-state index contributed by atoms with van der Waals surface area (Å²) in [6.07, 6.45) is 0.868. The van der Waals surface area contributed by atoms with Crippen molar-refractivity contribution >= 4 is 21.5 Å². The maximum Gasteiger partial charge on any atom is 0.264 e. The Morgan fingerprint density at radius 1 is 1.04 bits per heavy atom. The highest BCUT2D eigenvalue weighted by Crippen LogP contribution is 2.20. The molecule has 7 nitrogen and oxygen atoms in total. The zero-order chi connectivity index (χ0) is 17.4. The second-order valence-corrected chi connectivity index (χ2v) is 6.72. The number of hydrogen-bond acceptors (Lipinski definition) is 6. The van der Waals surface area contributed by atoms with Crippen molar-refractivity contribution in [3.8, 4) is 11.5 Å². The van der Waals surface area contributed by atoms with Crippen molar-refractivity contribution in [1.29, 1.82) is 0 Å². The van der Waals surface area contributed by atoms with E-state index in [0.717, 1.165) is 0 Å². The monoisotopic (exact) mass is 352 g/mol. The molecule has 0 atom stereocenters. The van der Waals surface area contributed by atoms with E-state index in [1.807, 2.05) is 6.07 Å². The summed E-state index contributed by atoms with van der Waals surface area (Å²) in [6, 6.07) is 14.2. The van der Waals surface area contributed by atoms with E-state index in [1.165, 1.54) is 0 Å².